The van der Waals surface area contributed by atoms with Gasteiger partial charge in [0.15, 0.2) is 0 Å². The number of carboxylic acid groups (broad SMARTS) is 1. The van der Waals surface area contributed by atoms with Crippen molar-refractivity contribution in [2.75, 3.05) is 11.5 Å². The summed E-state index contributed by atoms with van der Waals surface area (Å²) in [5.41, 5.74) is 7.89. The Morgan fingerprint density at radius 3 is 2.54 bits per heavy atom. The maximum Gasteiger partial charge on any atom is 0.333 e. The minimum atomic E-state index is -1.21. The van der Waals surface area contributed by atoms with Gasteiger partial charge < -0.3 is 15.9 Å². The number of carbonyl (C=O) groups excluding carboxylic acids is 2. The smallest absolute Gasteiger partial charge is 0.333 e. The first-order valence-corrected chi connectivity index (χ1v) is 10.8. The standard InChI is InChI=1S/C25H23FN4O5/c1-14-10-22(19(11-17(14)24(27)33)21-6-7-29(28-21)8-9-31)30-13-20(25(34)35)18(12-23(30)32)15-2-4-16(26)5-3-15/h2-7,10-11,13,18,31H,8-9,12H2,1H3,(H2,27,33)(H,34,35)/t18-/m0/s1. The number of aromatic nitrogens is 2. The Morgan fingerprint density at radius 2 is 1.91 bits per heavy atom. The Kier molecular flexibility index (Phi) is 6.48. The van der Waals surface area contributed by atoms with Crippen molar-refractivity contribution < 1.29 is 29.0 Å². The molecule has 0 bridgehead atoms. The van der Waals surface area contributed by atoms with E-state index in [0.29, 0.717) is 28.1 Å². The molecule has 0 saturated heterocycles. The van der Waals surface area contributed by atoms with Crippen LogP contribution in [0.1, 0.15) is 33.8 Å². The second-order valence-electron chi connectivity index (χ2n) is 8.20. The molecule has 180 valence electrons. The van der Waals surface area contributed by atoms with Crippen molar-refractivity contribution in [1.82, 2.24) is 9.78 Å². The largest absolute Gasteiger partial charge is 0.478 e. The summed E-state index contributed by atoms with van der Waals surface area (Å²) in [6.45, 7) is 1.78. The van der Waals surface area contributed by atoms with Crippen LogP contribution in [0.15, 0.2) is 60.4 Å². The minimum Gasteiger partial charge on any atom is -0.478 e. The predicted molar refractivity (Wildman–Crippen MR) is 125 cm³/mol. The number of aliphatic hydroxyl groups excluding tert-OH is 1. The summed E-state index contributed by atoms with van der Waals surface area (Å²) in [6, 6.07) is 10.1. The van der Waals surface area contributed by atoms with Gasteiger partial charge in [-0.1, -0.05) is 12.1 Å². The number of carboxylic acids is 1. The molecule has 4 N–H and O–H groups in total. The van der Waals surface area contributed by atoms with E-state index in [1.807, 2.05) is 0 Å². The van der Waals surface area contributed by atoms with E-state index >= 15 is 0 Å². The first-order chi connectivity index (χ1) is 16.7. The highest BCUT2D eigenvalue weighted by Crippen LogP contribution is 2.39. The van der Waals surface area contributed by atoms with Crippen LogP contribution in [0.3, 0.4) is 0 Å². The SMILES string of the molecule is Cc1cc(N2C=C(C(=O)O)[C@H](c3ccc(F)cc3)CC2=O)c(-c2ccn(CCO)n2)cc1C(N)=O. The van der Waals surface area contributed by atoms with E-state index in [2.05, 4.69) is 5.10 Å². The van der Waals surface area contributed by atoms with Crippen molar-refractivity contribution in [2.24, 2.45) is 5.73 Å². The molecule has 9 nitrogen and oxygen atoms in total. The average molecular weight is 478 g/mol. The second kappa shape index (κ2) is 9.51. The molecule has 0 fully saturated rings. The number of rotatable bonds is 7. The number of carbonyl (C=O) groups is 3. The summed E-state index contributed by atoms with van der Waals surface area (Å²) >= 11 is 0. The molecular weight excluding hydrogens is 455 g/mol. The van der Waals surface area contributed by atoms with Crippen LogP contribution in [0.5, 0.6) is 0 Å². The van der Waals surface area contributed by atoms with E-state index in [-0.39, 0.29) is 36.6 Å². The van der Waals surface area contributed by atoms with E-state index in [0.717, 1.165) is 0 Å². The highest BCUT2D eigenvalue weighted by molar-refractivity contribution is 6.06. The summed E-state index contributed by atoms with van der Waals surface area (Å²) in [7, 11) is 0. The number of amides is 2. The number of nitrogens with zero attached hydrogens (tertiary/aromatic N) is 3. The summed E-state index contributed by atoms with van der Waals surface area (Å²) < 4.78 is 14.9. The van der Waals surface area contributed by atoms with Gasteiger partial charge in [-0.2, -0.15) is 5.10 Å². The Bertz CT molecular complexity index is 1350. The fourth-order valence-electron chi connectivity index (χ4n) is 4.18. The number of aliphatic carboxylic acids is 1. The van der Waals surface area contributed by atoms with E-state index in [1.165, 1.54) is 46.1 Å². The van der Waals surface area contributed by atoms with Crippen molar-refractivity contribution >= 4 is 23.5 Å². The third kappa shape index (κ3) is 4.69. The fraction of sp³-hybridized carbons (Fsp3) is 0.200. The zero-order valence-corrected chi connectivity index (χ0v) is 18.8. The highest BCUT2D eigenvalue weighted by atomic mass is 19.1. The van der Waals surface area contributed by atoms with Crippen molar-refractivity contribution in [2.45, 2.75) is 25.8 Å². The first kappa shape index (κ1) is 23.8. The third-order valence-corrected chi connectivity index (χ3v) is 5.92. The lowest BCUT2D eigenvalue weighted by atomic mass is 9.85. The number of primary amides is 1. The number of hydrogen-bond donors (Lipinski definition) is 3. The van der Waals surface area contributed by atoms with Crippen LogP contribution < -0.4 is 10.6 Å². The van der Waals surface area contributed by atoms with Crippen molar-refractivity contribution in [1.29, 1.82) is 0 Å². The van der Waals surface area contributed by atoms with Crippen LogP contribution in [-0.4, -0.2) is 44.4 Å². The van der Waals surface area contributed by atoms with E-state index < -0.39 is 23.6 Å². The molecule has 2 heterocycles. The van der Waals surface area contributed by atoms with Crippen LogP contribution in [0.4, 0.5) is 10.1 Å². The van der Waals surface area contributed by atoms with Gasteiger partial charge in [0, 0.05) is 35.9 Å². The first-order valence-electron chi connectivity index (χ1n) is 10.8. The maximum absolute atomic E-state index is 13.4. The zero-order valence-electron chi connectivity index (χ0n) is 18.8. The van der Waals surface area contributed by atoms with Gasteiger partial charge in [-0.25, -0.2) is 9.18 Å². The fourth-order valence-corrected chi connectivity index (χ4v) is 4.18. The number of nitrogens with two attached hydrogens (primary N) is 1. The van der Waals surface area contributed by atoms with Crippen molar-refractivity contribution in [3.63, 3.8) is 0 Å². The van der Waals surface area contributed by atoms with E-state index in [4.69, 9.17) is 5.73 Å². The monoisotopic (exact) mass is 478 g/mol. The van der Waals surface area contributed by atoms with Gasteiger partial charge in [-0.15, -0.1) is 0 Å². The summed E-state index contributed by atoms with van der Waals surface area (Å²) in [6.07, 6.45) is 2.74. The average Bonchev–Trinajstić information content (AvgIpc) is 3.27. The normalized spacial score (nSPS) is 15.7. The molecular formula is C25H23FN4O5. The van der Waals surface area contributed by atoms with Gasteiger partial charge >= 0.3 is 5.97 Å². The molecule has 4 rings (SSSR count). The Morgan fingerprint density at radius 1 is 1.20 bits per heavy atom. The van der Waals surface area contributed by atoms with Gasteiger partial charge in [-0.3, -0.25) is 19.2 Å². The Balaban J connectivity index is 1.86. The summed E-state index contributed by atoms with van der Waals surface area (Å²) in [4.78, 5) is 38.7. The Hall–Kier alpha value is -4.31. The van der Waals surface area contributed by atoms with Crippen molar-refractivity contribution in [3.8, 4) is 11.3 Å². The lowest BCUT2D eigenvalue weighted by Gasteiger charge is -2.31. The molecule has 0 radical (unpaired) electrons. The van der Waals surface area contributed by atoms with Crippen LogP contribution in [0.2, 0.25) is 0 Å². The molecule has 0 unspecified atom stereocenters. The molecule has 1 atom stereocenters. The quantitative estimate of drug-likeness (QED) is 0.477. The molecule has 1 aromatic heterocycles. The third-order valence-electron chi connectivity index (χ3n) is 5.92. The summed E-state index contributed by atoms with van der Waals surface area (Å²) in [5.74, 6) is -3.47. The van der Waals surface area contributed by atoms with Gasteiger partial charge in [-0.05, 0) is 48.4 Å². The van der Waals surface area contributed by atoms with Gasteiger partial charge in [0.25, 0.3) is 0 Å². The lowest BCUT2D eigenvalue weighted by molar-refractivity contribution is -0.133. The lowest BCUT2D eigenvalue weighted by Crippen LogP contribution is -2.35. The molecule has 0 aliphatic carbocycles. The molecule has 0 saturated carbocycles. The number of anilines is 1. The highest BCUT2D eigenvalue weighted by Gasteiger charge is 2.34. The minimum absolute atomic E-state index is 0.0374. The number of aryl methyl sites for hydroxylation is 1. The zero-order chi connectivity index (χ0) is 25.3. The number of benzene rings is 2. The molecule has 3 aromatic rings. The summed E-state index contributed by atoms with van der Waals surface area (Å²) in [5, 5.41) is 23.5. The Labute approximate surface area is 199 Å². The molecule has 2 amide bonds. The predicted octanol–water partition coefficient (Wildman–Crippen LogP) is 2.58. The van der Waals surface area contributed by atoms with Gasteiger partial charge in [0.05, 0.1) is 30.1 Å². The molecule has 1 aliphatic rings. The number of halogens is 1. The molecule has 35 heavy (non-hydrogen) atoms. The van der Waals surface area contributed by atoms with E-state index in [1.54, 1.807) is 25.3 Å². The topological polar surface area (TPSA) is 139 Å². The van der Waals surface area contributed by atoms with Gasteiger partial charge in [0.1, 0.15) is 5.82 Å². The van der Waals surface area contributed by atoms with Crippen LogP contribution >= 0.6 is 0 Å². The van der Waals surface area contributed by atoms with Crippen LogP contribution in [-0.2, 0) is 16.1 Å². The van der Waals surface area contributed by atoms with Crippen LogP contribution in [0.25, 0.3) is 11.3 Å². The van der Waals surface area contributed by atoms with Gasteiger partial charge in [0.2, 0.25) is 11.8 Å². The van der Waals surface area contributed by atoms with Crippen molar-refractivity contribution in [3.05, 3.63) is 82.9 Å². The number of aliphatic hydroxyl groups is 1. The second-order valence-corrected chi connectivity index (χ2v) is 8.20. The molecule has 0 spiro atoms. The van der Waals surface area contributed by atoms with Crippen LogP contribution in [0, 0.1) is 12.7 Å². The number of hydrogen-bond acceptors (Lipinski definition) is 5. The maximum atomic E-state index is 13.4. The molecule has 10 heteroatoms. The van der Waals surface area contributed by atoms with E-state index in [9.17, 15) is 29.0 Å². The molecule has 1 aliphatic heterocycles. The molecule has 2 aromatic carbocycles.